The van der Waals surface area contributed by atoms with E-state index in [1.54, 1.807) is 0 Å². The van der Waals surface area contributed by atoms with Crippen LogP contribution in [-0.2, 0) is 0 Å². The second-order valence-corrected chi connectivity index (χ2v) is 1.95. The maximum absolute atomic E-state index is 3.64. The van der Waals surface area contributed by atoms with Gasteiger partial charge in [-0.1, -0.05) is 43.4 Å². The molecule has 0 fully saturated rings. The van der Waals surface area contributed by atoms with E-state index in [9.17, 15) is 0 Å². The summed E-state index contributed by atoms with van der Waals surface area (Å²) >= 11 is 0. The van der Waals surface area contributed by atoms with Crippen molar-refractivity contribution in [2.24, 2.45) is 0 Å². The van der Waals surface area contributed by atoms with Crippen LogP contribution in [0, 0.1) is 0 Å². The molecule has 0 aromatic heterocycles. The van der Waals surface area contributed by atoms with Gasteiger partial charge in [0.2, 0.25) is 0 Å². The lowest BCUT2D eigenvalue weighted by atomic mass is 10.2. The van der Waals surface area contributed by atoms with Crippen molar-refractivity contribution in [2.75, 3.05) is 0 Å². The molecule has 0 amide bonds. The van der Waals surface area contributed by atoms with E-state index in [-0.39, 0.29) is 0 Å². The molecule has 0 aromatic carbocycles. The standard InChI is InChI=1S/C9H14/c1-4-6-7-8-9(3)5-2/h5-8H,2,4H2,1,3H3/b7-6+,9-8+. The fourth-order valence-corrected chi connectivity index (χ4v) is 0.424. The van der Waals surface area contributed by atoms with E-state index in [4.69, 9.17) is 0 Å². The highest BCUT2D eigenvalue weighted by atomic mass is 13.8. The Kier molecular flexibility index (Phi) is 4.89. The zero-order chi connectivity index (χ0) is 7.11. The topological polar surface area (TPSA) is 0 Å². The first kappa shape index (κ1) is 8.22. The van der Waals surface area contributed by atoms with Crippen molar-refractivity contribution in [1.82, 2.24) is 0 Å². The van der Waals surface area contributed by atoms with E-state index in [0.29, 0.717) is 0 Å². The third-order valence-electron chi connectivity index (χ3n) is 1.05. The Bertz CT molecular complexity index is 127. The molecule has 0 N–H and O–H groups in total. The molecule has 0 bridgehead atoms. The van der Waals surface area contributed by atoms with E-state index < -0.39 is 0 Å². The smallest absolute Gasteiger partial charge is 0.0376 e. The third-order valence-corrected chi connectivity index (χ3v) is 1.05. The Morgan fingerprint density at radius 2 is 2.22 bits per heavy atom. The van der Waals surface area contributed by atoms with E-state index >= 15 is 0 Å². The summed E-state index contributed by atoms with van der Waals surface area (Å²) in [5, 5.41) is 0. The van der Waals surface area contributed by atoms with Crippen molar-refractivity contribution < 1.29 is 0 Å². The molecule has 0 rings (SSSR count). The maximum atomic E-state index is 3.64. The largest absolute Gasteiger partial charge is 0.0988 e. The van der Waals surface area contributed by atoms with Crippen LogP contribution in [0.15, 0.2) is 36.5 Å². The summed E-state index contributed by atoms with van der Waals surface area (Å²) in [5.74, 6) is 0. The first-order valence-corrected chi connectivity index (χ1v) is 3.27. The predicted molar refractivity (Wildman–Crippen MR) is 43.4 cm³/mol. The van der Waals surface area contributed by atoms with Crippen LogP contribution in [0.25, 0.3) is 0 Å². The minimum absolute atomic E-state index is 1.10. The summed E-state index contributed by atoms with van der Waals surface area (Å²) in [4.78, 5) is 0. The van der Waals surface area contributed by atoms with Gasteiger partial charge >= 0.3 is 0 Å². The van der Waals surface area contributed by atoms with E-state index in [1.807, 2.05) is 13.0 Å². The van der Waals surface area contributed by atoms with Gasteiger partial charge in [0.1, 0.15) is 0 Å². The highest BCUT2D eigenvalue weighted by Gasteiger charge is 1.71. The first-order chi connectivity index (χ1) is 4.31. The molecule has 0 aliphatic rings. The van der Waals surface area contributed by atoms with Gasteiger partial charge in [-0.25, -0.2) is 0 Å². The molecule has 0 radical (unpaired) electrons. The lowest BCUT2D eigenvalue weighted by Gasteiger charge is -1.82. The molecule has 0 atom stereocenters. The van der Waals surface area contributed by atoms with Crippen molar-refractivity contribution in [1.29, 1.82) is 0 Å². The molecule has 0 saturated heterocycles. The fraction of sp³-hybridized carbons (Fsp3) is 0.333. The Morgan fingerprint density at radius 1 is 1.56 bits per heavy atom. The molecule has 50 valence electrons. The van der Waals surface area contributed by atoms with Gasteiger partial charge in [-0.05, 0) is 13.3 Å². The number of allylic oxidation sites excluding steroid dienone is 5. The summed E-state index contributed by atoms with van der Waals surface area (Å²) in [6.07, 6.45) is 9.17. The second-order valence-electron chi connectivity index (χ2n) is 1.95. The van der Waals surface area contributed by atoms with Gasteiger partial charge in [0.15, 0.2) is 0 Å². The quantitative estimate of drug-likeness (QED) is 0.504. The van der Waals surface area contributed by atoms with Crippen LogP contribution in [0.2, 0.25) is 0 Å². The van der Waals surface area contributed by atoms with Crippen LogP contribution in [-0.4, -0.2) is 0 Å². The predicted octanol–water partition coefficient (Wildman–Crippen LogP) is 3.08. The minimum atomic E-state index is 1.10. The average Bonchev–Trinajstić information content (AvgIpc) is 1.89. The molecule has 0 spiro atoms. The Balaban J connectivity index is 3.68. The molecule has 0 aliphatic carbocycles. The van der Waals surface area contributed by atoms with E-state index in [0.717, 1.165) is 6.42 Å². The van der Waals surface area contributed by atoms with Crippen molar-refractivity contribution >= 4 is 0 Å². The molecular weight excluding hydrogens is 108 g/mol. The molecule has 9 heavy (non-hydrogen) atoms. The molecular formula is C9H14. The molecule has 0 heteroatoms. The minimum Gasteiger partial charge on any atom is -0.0988 e. The zero-order valence-electron chi connectivity index (χ0n) is 6.22. The van der Waals surface area contributed by atoms with Gasteiger partial charge in [0.25, 0.3) is 0 Å². The van der Waals surface area contributed by atoms with Gasteiger partial charge in [-0.15, -0.1) is 0 Å². The SMILES string of the molecule is C=C/C(C)=C/C=C/CC. The highest BCUT2D eigenvalue weighted by molar-refractivity contribution is 5.19. The van der Waals surface area contributed by atoms with Crippen molar-refractivity contribution in [3.63, 3.8) is 0 Å². The highest BCUT2D eigenvalue weighted by Crippen LogP contribution is 1.92. The number of rotatable bonds is 3. The number of hydrogen-bond donors (Lipinski definition) is 0. The lowest BCUT2D eigenvalue weighted by molar-refractivity contribution is 1.22. The lowest BCUT2D eigenvalue weighted by Crippen LogP contribution is -1.61. The summed E-state index contributed by atoms with van der Waals surface area (Å²) in [6, 6.07) is 0. The van der Waals surface area contributed by atoms with E-state index in [1.165, 1.54) is 5.57 Å². The van der Waals surface area contributed by atoms with Gasteiger partial charge in [-0.2, -0.15) is 0 Å². The summed E-state index contributed by atoms with van der Waals surface area (Å²) in [6.45, 7) is 7.79. The maximum Gasteiger partial charge on any atom is -0.0376 e. The molecule has 0 heterocycles. The van der Waals surface area contributed by atoms with Crippen molar-refractivity contribution in [2.45, 2.75) is 20.3 Å². The van der Waals surface area contributed by atoms with Gasteiger partial charge in [-0.3, -0.25) is 0 Å². The summed E-state index contributed by atoms with van der Waals surface area (Å²) in [5.41, 5.74) is 1.21. The van der Waals surface area contributed by atoms with Crippen LogP contribution in [0.3, 0.4) is 0 Å². The van der Waals surface area contributed by atoms with Crippen LogP contribution in [0.5, 0.6) is 0 Å². The first-order valence-electron chi connectivity index (χ1n) is 3.27. The zero-order valence-corrected chi connectivity index (χ0v) is 6.22. The van der Waals surface area contributed by atoms with Crippen LogP contribution in [0.1, 0.15) is 20.3 Å². The van der Waals surface area contributed by atoms with E-state index in [2.05, 4.69) is 31.7 Å². The molecule has 0 aromatic rings. The van der Waals surface area contributed by atoms with Crippen LogP contribution >= 0.6 is 0 Å². The Morgan fingerprint density at radius 3 is 2.67 bits per heavy atom. The summed E-state index contributed by atoms with van der Waals surface area (Å²) in [7, 11) is 0. The molecule has 0 nitrogen and oxygen atoms in total. The third kappa shape index (κ3) is 5.09. The molecule has 0 unspecified atom stereocenters. The Hall–Kier alpha value is -0.780. The van der Waals surface area contributed by atoms with Gasteiger partial charge < -0.3 is 0 Å². The van der Waals surface area contributed by atoms with Crippen molar-refractivity contribution in [3.05, 3.63) is 36.5 Å². The Labute approximate surface area is 57.6 Å². The van der Waals surface area contributed by atoms with Crippen molar-refractivity contribution in [3.8, 4) is 0 Å². The normalized spacial score (nSPS) is 12.4. The average molecular weight is 122 g/mol. The van der Waals surface area contributed by atoms with Gasteiger partial charge in [0.05, 0.1) is 0 Å². The van der Waals surface area contributed by atoms with Crippen LogP contribution < -0.4 is 0 Å². The molecule has 0 aliphatic heterocycles. The summed E-state index contributed by atoms with van der Waals surface area (Å²) < 4.78 is 0. The monoisotopic (exact) mass is 122 g/mol. The van der Waals surface area contributed by atoms with Crippen LogP contribution in [0.4, 0.5) is 0 Å². The second kappa shape index (κ2) is 5.36. The molecule has 0 saturated carbocycles. The number of hydrogen-bond acceptors (Lipinski definition) is 0. The van der Waals surface area contributed by atoms with Gasteiger partial charge in [0, 0.05) is 0 Å². The fourth-order valence-electron chi connectivity index (χ4n) is 0.424.